The minimum atomic E-state index is -0.490. The largest absolute Gasteiger partial charge is 0.401 e. The van der Waals surface area contributed by atoms with Crippen LogP contribution in [0.5, 0.6) is 0 Å². The molecule has 4 aromatic rings. The molecule has 0 bridgehead atoms. The molecule has 136 valence electrons. The number of benzene rings is 2. The van der Waals surface area contributed by atoms with E-state index in [0.717, 1.165) is 11.1 Å². The van der Waals surface area contributed by atoms with Gasteiger partial charge in [0.15, 0.2) is 0 Å². The van der Waals surface area contributed by atoms with E-state index in [1.54, 1.807) is 12.1 Å². The van der Waals surface area contributed by atoms with Crippen LogP contribution in [-0.4, -0.2) is 14.8 Å². The molecule has 2 aromatic heterocycles. The smallest absolute Gasteiger partial charge is 0.347 e. The average Bonchev–Trinajstić information content (AvgIpc) is 2.97. The van der Waals surface area contributed by atoms with Crippen molar-refractivity contribution in [2.45, 2.75) is 13.8 Å². The van der Waals surface area contributed by atoms with Crippen LogP contribution in [0.25, 0.3) is 28.2 Å². The number of rotatable bonds is 2. The summed E-state index contributed by atoms with van der Waals surface area (Å²) in [4.78, 5) is 17.0. The number of aromatic nitrogens is 3. The van der Waals surface area contributed by atoms with Gasteiger partial charge in [-0.3, -0.25) is 0 Å². The lowest BCUT2D eigenvalue weighted by molar-refractivity contribution is 0.513. The van der Waals surface area contributed by atoms with Crippen LogP contribution >= 0.6 is 27.5 Å². The van der Waals surface area contributed by atoms with Crippen LogP contribution in [0.15, 0.2) is 50.2 Å². The molecule has 0 unspecified atom stereocenters. The van der Waals surface area contributed by atoms with E-state index in [2.05, 4.69) is 26.0 Å². The number of nitrogens with zero attached hydrogens (tertiary/aromatic N) is 3. The fourth-order valence-corrected chi connectivity index (χ4v) is 3.60. The monoisotopic (exact) mass is 447 g/mol. The Kier molecular flexibility index (Phi) is 4.36. The van der Waals surface area contributed by atoms with Crippen molar-refractivity contribution in [3.63, 3.8) is 0 Å². The zero-order valence-electron chi connectivity index (χ0n) is 14.3. The van der Waals surface area contributed by atoms with Crippen molar-refractivity contribution in [2.75, 3.05) is 0 Å². The van der Waals surface area contributed by atoms with Gasteiger partial charge in [-0.1, -0.05) is 17.7 Å². The van der Waals surface area contributed by atoms with Crippen LogP contribution in [0.1, 0.15) is 11.1 Å². The molecule has 2 aromatic carbocycles. The van der Waals surface area contributed by atoms with Gasteiger partial charge in [-0.25, -0.2) is 18.9 Å². The Morgan fingerprint density at radius 3 is 2.70 bits per heavy atom. The third kappa shape index (κ3) is 3.17. The topological polar surface area (TPSA) is 60.9 Å². The van der Waals surface area contributed by atoms with Gasteiger partial charge in [0.25, 0.3) is 0 Å². The first-order valence-corrected chi connectivity index (χ1v) is 9.14. The number of hydrogen-bond donors (Lipinski definition) is 0. The molecule has 0 atom stereocenters. The summed E-state index contributed by atoms with van der Waals surface area (Å²) in [6.45, 7) is 3.79. The molecule has 0 saturated heterocycles. The second kappa shape index (κ2) is 6.58. The molecular weight excluding hydrogens is 437 g/mol. The predicted molar refractivity (Wildman–Crippen MR) is 105 cm³/mol. The molecule has 0 N–H and O–H groups in total. The van der Waals surface area contributed by atoms with E-state index in [9.17, 15) is 9.18 Å². The van der Waals surface area contributed by atoms with Gasteiger partial charge in [-0.05, 0) is 65.2 Å². The zero-order chi connectivity index (χ0) is 19.3. The second-order valence-electron chi connectivity index (χ2n) is 6.14. The molecule has 0 spiro atoms. The van der Waals surface area contributed by atoms with E-state index < -0.39 is 11.4 Å². The van der Waals surface area contributed by atoms with Gasteiger partial charge in [0.1, 0.15) is 16.1 Å². The van der Waals surface area contributed by atoms with E-state index in [-0.39, 0.29) is 10.9 Å². The van der Waals surface area contributed by atoms with Gasteiger partial charge < -0.3 is 4.42 Å². The Morgan fingerprint density at radius 1 is 1.19 bits per heavy atom. The average molecular weight is 449 g/mol. The van der Waals surface area contributed by atoms with Gasteiger partial charge in [0.05, 0.1) is 21.6 Å². The third-order valence-electron chi connectivity index (χ3n) is 4.10. The molecular formula is C19H12BrClFN3O2. The molecule has 8 heteroatoms. The molecule has 0 radical (unpaired) electrons. The van der Waals surface area contributed by atoms with Crippen LogP contribution < -0.4 is 5.63 Å². The SMILES string of the molecule is Cc1cc(C)c2nc(-c3cc(Br)nn3-c3ccc(F)cc3Cl)oc(=O)c2c1. The normalized spacial score (nSPS) is 11.3. The highest BCUT2D eigenvalue weighted by Gasteiger charge is 2.19. The lowest BCUT2D eigenvalue weighted by atomic mass is 10.1. The quantitative estimate of drug-likeness (QED) is 0.422. The molecule has 0 aliphatic carbocycles. The summed E-state index contributed by atoms with van der Waals surface area (Å²) < 4.78 is 20.8. The second-order valence-corrected chi connectivity index (χ2v) is 7.36. The Morgan fingerprint density at radius 2 is 1.96 bits per heavy atom. The molecule has 27 heavy (non-hydrogen) atoms. The Hall–Kier alpha value is -2.51. The van der Waals surface area contributed by atoms with Gasteiger partial charge in [0, 0.05) is 6.07 Å². The summed E-state index contributed by atoms with van der Waals surface area (Å²) in [5.41, 5.74) is 2.73. The van der Waals surface area contributed by atoms with Crippen LogP contribution in [0, 0.1) is 19.7 Å². The molecule has 0 saturated carbocycles. The van der Waals surface area contributed by atoms with E-state index in [4.69, 9.17) is 16.0 Å². The maximum absolute atomic E-state index is 13.4. The highest BCUT2D eigenvalue weighted by atomic mass is 79.9. The molecule has 0 aliphatic rings. The first kappa shape index (κ1) is 17.9. The Balaban J connectivity index is 1.99. The number of hydrogen-bond acceptors (Lipinski definition) is 4. The standard InChI is InChI=1S/C19H12BrClFN3O2/c1-9-5-10(2)17-12(6-9)19(26)27-18(23-17)15-8-16(20)24-25(15)14-4-3-11(22)7-13(14)21/h3-8H,1-2H3. The van der Waals surface area contributed by atoms with Crippen molar-refractivity contribution in [3.8, 4) is 17.3 Å². The van der Waals surface area contributed by atoms with E-state index in [0.29, 0.717) is 26.9 Å². The Labute approximate surface area is 166 Å². The maximum Gasteiger partial charge on any atom is 0.347 e. The summed E-state index contributed by atoms with van der Waals surface area (Å²) in [7, 11) is 0. The van der Waals surface area contributed by atoms with Crippen LogP contribution in [-0.2, 0) is 0 Å². The molecule has 4 rings (SSSR count). The van der Waals surface area contributed by atoms with Gasteiger partial charge >= 0.3 is 5.63 Å². The van der Waals surface area contributed by atoms with Crippen LogP contribution in [0.2, 0.25) is 5.02 Å². The van der Waals surface area contributed by atoms with Crippen molar-refractivity contribution in [2.24, 2.45) is 0 Å². The third-order valence-corrected chi connectivity index (χ3v) is 4.79. The lowest BCUT2D eigenvalue weighted by Gasteiger charge is -2.09. The maximum atomic E-state index is 13.4. The van der Waals surface area contributed by atoms with E-state index in [1.165, 1.54) is 22.9 Å². The fraction of sp³-hybridized carbons (Fsp3) is 0.105. The lowest BCUT2D eigenvalue weighted by Crippen LogP contribution is -2.07. The van der Waals surface area contributed by atoms with Crippen molar-refractivity contribution < 1.29 is 8.81 Å². The summed E-state index contributed by atoms with van der Waals surface area (Å²) in [5.74, 6) is -0.365. The highest BCUT2D eigenvalue weighted by molar-refractivity contribution is 9.10. The van der Waals surface area contributed by atoms with Gasteiger partial charge in [-0.2, -0.15) is 5.10 Å². The predicted octanol–water partition coefficient (Wildman–Crippen LogP) is 5.21. The molecule has 0 amide bonds. The fourth-order valence-electron chi connectivity index (χ4n) is 2.98. The van der Waals surface area contributed by atoms with Crippen molar-refractivity contribution >= 4 is 38.4 Å². The molecule has 5 nitrogen and oxygen atoms in total. The summed E-state index contributed by atoms with van der Waals surface area (Å²) in [6, 6.07) is 9.30. The molecule has 0 fully saturated rings. The van der Waals surface area contributed by atoms with Crippen molar-refractivity contribution in [1.82, 2.24) is 14.8 Å². The number of halogens is 3. The number of aryl methyl sites for hydroxylation is 2. The van der Waals surface area contributed by atoms with Crippen LogP contribution in [0.4, 0.5) is 4.39 Å². The van der Waals surface area contributed by atoms with Crippen molar-refractivity contribution in [3.05, 3.63) is 73.4 Å². The summed E-state index contributed by atoms with van der Waals surface area (Å²) >= 11 is 9.49. The Bertz CT molecular complexity index is 1270. The highest BCUT2D eigenvalue weighted by Crippen LogP contribution is 2.29. The minimum absolute atomic E-state index is 0.0954. The van der Waals surface area contributed by atoms with Crippen LogP contribution in [0.3, 0.4) is 0 Å². The van der Waals surface area contributed by atoms with Gasteiger partial charge in [0.2, 0.25) is 5.89 Å². The first-order chi connectivity index (χ1) is 12.8. The molecule has 0 aliphatic heterocycles. The summed E-state index contributed by atoms with van der Waals surface area (Å²) in [6.07, 6.45) is 0. The summed E-state index contributed by atoms with van der Waals surface area (Å²) in [5, 5.41) is 4.90. The van der Waals surface area contributed by atoms with E-state index in [1.807, 2.05) is 19.9 Å². The van der Waals surface area contributed by atoms with Gasteiger partial charge in [-0.15, -0.1) is 0 Å². The molecule has 2 heterocycles. The minimum Gasteiger partial charge on any atom is -0.401 e. The first-order valence-electron chi connectivity index (χ1n) is 7.97. The number of fused-ring (bicyclic) bond motifs is 1. The van der Waals surface area contributed by atoms with E-state index >= 15 is 0 Å². The van der Waals surface area contributed by atoms with Crippen molar-refractivity contribution in [1.29, 1.82) is 0 Å². The zero-order valence-corrected chi connectivity index (χ0v) is 16.6.